The topological polar surface area (TPSA) is 92.4 Å². The molecule has 1 rings (SSSR count). The van der Waals surface area contributed by atoms with Gasteiger partial charge in [0.05, 0.1) is 11.6 Å². The molecular weight excluding hydrogens is 336 g/mol. The number of nitrogens with one attached hydrogen (secondary N) is 3. The van der Waals surface area contributed by atoms with E-state index in [1.807, 2.05) is 6.92 Å². The Hall–Kier alpha value is -1.74. The zero-order valence-electron chi connectivity index (χ0n) is 13.3. The second-order valence-corrected chi connectivity index (χ2v) is 6.23. The van der Waals surface area contributed by atoms with Crippen LogP contribution in [0.2, 0.25) is 0 Å². The van der Waals surface area contributed by atoms with Crippen molar-refractivity contribution in [3.8, 4) is 0 Å². The zero-order chi connectivity index (χ0) is 17.1. The monoisotopic (exact) mass is 358 g/mol. The van der Waals surface area contributed by atoms with Crippen molar-refractivity contribution >= 4 is 45.7 Å². The molecule has 1 aromatic heterocycles. The molecule has 0 aromatic carbocycles. The van der Waals surface area contributed by atoms with Crippen molar-refractivity contribution in [1.82, 2.24) is 15.6 Å². The van der Waals surface area contributed by atoms with E-state index in [9.17, 15) is 9.59 Å². The summed E-state index contributed by atoms with van der Waals surface area (Å²) >= 11 is 6.26. The zero-order valence-corrected chi connectivity index (χ0v) is 14.9. The summed E-state index contributed by atoms with van der Waals surface area (Å²) in [6.45, 7) is 4.53. The number of hydrogen-bond acceptors (Lipinski definition) is 6. The van der Waals surface area contributed by atoms with E-state index in [1.165, 1.54) is 11.3 Å². The number of nitrogens with zero attached hydrogens (tertiary/aromatic N) is 1. The number of thiazole rings is 1. The van der Waals surface area contributed by atoms with Crippen molar-refractivity contribution in [2.75, 3.05) is 18.5 Å². The predicted octanol–water partition coefficient (Wildman–Crippen LogP) is 2.30. The quantitative estimate of drug-likeness (QED) is 0.463. The van der Waals surface area contributed by atoms with E-state index < -0.39 is 12.1 Å². The van der Waals surface area contributed by atoms with Crippen molar-refractivity contribution in [3.05, 3.63) is 11.6 Å². The molecule has 1 heterocycles. The highest BCUT2D eigenvalue weighted by atomic mass is 32.1. The lowest BCUT2D eigenvalue weighted by molar-refractivity contribution is -0.118. The van der Waals surface area contributed by atoms with Crippen LogP contribution in [0.15, 0.2) is 11.6 Å². The minimum absolute atomic E-state index is 0.254. The third-order valence-corrected chi connectivity index (χ3v) is 3.67. The fraction of sp³-hybridized carbons (Fsp3) is 0.571. The molecule has 3 N–H and O–H groups in total. The highest BCUT2D eigenvalue weighted by Crippen LogP contribution is 2.12. The molecule has 0 spiro atoms. The lowest BCUT2D eigenvalue weighted by Crippen LogP contribution is -2.44. The van der Waals surface area contributed by atoms with Crippen LogP contribution < -0.4 is 16.0 Å². The van der Waals surface area contributed by atoms with Gasteiger partial charge in [-0.2, -0.15) is 0 Å². The Morgan fingerprint density at radius 2 is 2.22 bits per heavy atom. The summed E-state index contributed by atoms with van der Waals surface area (Å²) in [7, 11) is 0. The number of unbranched alkanes of at least 4 members (excludes halogenated alkanes) is 1. The molecule has 0 radical (unpaired) electrons. The molecule has 1 atom stereocenters. The minimum atomic E-state index is -0.661. The molecule has 0 aliphatic rings. The number of amides is 2. The maximum absolute atomic E-state index is 12.3. The number of thiocarbonyl (C=S) groups is 1. The first kappa shape index (κ1) is 19.3. The Kier molecular flexibility index (Phi) is 9.15. The maximum Gasteiger partial charge on any atom is 0.407 e. The van der Waals surface area contributed by atoms with Crippen LogP contribution in [0.5, 0.6) is 0 Å². The number of carbonyl (C=O) groups excluding carboxylic acids is 2. The Balaban J connectivity index is 2.48. The van der Waals surface area contributed by atoms with Gasteiger partial charge in [-0.3, -0.25) is 4.79 Å². The van der Waals surface area contributed by atoms with Gasteiger partial charge in [0, 0.05) is 18.1 Å². The second kappa shape index (κ2) is 10.9. The van der Waals surface area contributed by atoms with Crippen LogP contribution in [-0.4, -0.2) is 41.2 Å². The van der Waals surface area contributed by atoms with Gasteiger partial charge in [0.2, 0.25) is 5.91 Å². The summed E-state index contributed by atoms with van der Waals surface area (Å²) in [5.74, 6) is -0.299. The van der Waals surface area contributed by atoms with Gasteiger partial charge in [0.1, 0.15) is 6.04 Å². The molecule has 23 heavy (non-hydrogen) atoms. The first-order chi connectivity index (χ1) is 11.0. The molecule has 9 heteroatoms. The van der Waals surface area contributed by atoms with Gasteiger partial charge in [-0.1, -0.05) is 12.2 Å². The van der Waals surface area contributed by atoms with E-state index in [4.69, 9.17) is 17.0 Å². The van der Waals surface area contributed by atoms with Crippen LogP contribution in [0, 0.1) is 0 Å². The molecule has 0 bridgehead atoms. The van der Waals surface area contributed by atoms with Crippen LogP contribution in [0.25, 0.3) is 0 Å². The fourth-order valence-electron chi connectivity index (χ4n) is 1.80. The van der Waals surface area contributed by atoms with E-state index in [0.29, 0.717) is 11.6 Å². The Morgan fingerprint density at radius 1 is 1.43 bits per heavy atom. The molecular formula is C14H22N4O3S2. The van der Waals surface area contributed by atoms with Gasteiger partial charge in [-0.25, -0.2) is 9.78 Å². The molecule has 128 valence electrons. The highest BCUT2D eigenvalue weighted by molar-refractivity contribution is 7.80. The number of carbonyl (C=O) groups is 2. The number of rotatable bonds is 9. The van der Waals surface area contributed by atoms with Crippen LogP contribution in [0.3, 0.4) is 0 Å². The Bertz CT molecular complexity index is 508. The predicted molar refractivity (Wildman–Crippen MR) is 94.8 cm³/mol. The van der Waals surface area contributed by atoms with Gasteiger partial charge in [-0.05, 0) is 33.1 Å². The van der Waals surface area contributed by atoms with Gasteiger partial charge >= 0.3 is 6.09 Å². The van der Waals surface area contributed by atoms with Crippen LogP contribution in [0.4, 0.5) is 9.93 Å². The lowest BCUT2D eigenvalue weighted by Gasteiger charge is -2.17. The molecule has 2 amide bonds. The summed E-state index contributed by atoms with van der Waals surface area (Å²) in [5.41, 5.74) is 0. The summed E-state index contributed by atoms with van der Waals surface area (Å²) in [6, 6.07) is -0.661. The van der Waals surface area contributed by atoms with Crippen molar-refractivity contribution in [3.63, 3.8) is 0 Å². The first-order valence-corrected chi connectivity index (χ1v) is 8.69. The van der Waals surface area contributed by atoms with Crippen LogP contribution in [-0.2, 0) is 9.53 Å². The molecule has 0 saturated carbocycles. The molecule has 0 unspecified atom stereocenters. The number of aromatic nitrogens is 1. The summed E-state index contributed by atoms with van der Waals surface area (Å²) < 4.78 is 4.84. The Labute approximate surface area is 145 Å². The molecule has 0 aliphatic carbocycles. The smallest absolute Gasteiger partial charge is 0.407 e. The van der Waals surface area contributed by atoms with Crippen molar-refractivity contribution < 1.29 is 14.3 Å². The molecule has 1 aromatic rings. The van der Waals surface area contributed by atoms with Crippen molar-refractivity contribution in [1.29, 1.82) is 0 Å². The average molecular weight is 358 g/mol. The maximum atomic E-state index is 12.3. The SMILES string of the molecule is CCOC(=O)N[C@@H](CCCCNC(C)=S)C(=O)Nc1nccs1. The second-order valence-electron chi connectivity index (χ2n) is 4.72. The molecule has 7 nitrogen and oxygen atoms in total. The van der Waals surface area contributed by atoms with E-state index in [2.05, 4.69) is 20.9 Å². The van der Waals surface area contributed by atoms with Crippen molar-refractivity contribution in [2.45, 2.75) is 39.2 Å². The van der Waals surface area contributed by atoms with Gasteiger partial charge < -0.3 is 20.7 Å². The van der Waals surface area contributed by atoms with Crippen molar-refractivity contribution in [2.24, 2.45) is 0 Å². The molecule has 0 fully saturated rings. The van der Waals surface area contributed by atoms with Crippen LogP contribution in [0.1, 0.15) is 33.1 Å². The largest absolute Gasteiger partial charge is 0.450 e. The van der Waals surface area contributed by atoms with E-state index in [1.54, 1.807) is 18.5 Å². The first-order valence-electron chi connectivity index (χ1n) is 7.41. The van der Waals surface area contributed by atoms with Gasteiger partial charge in [-0.15, -0.1) is 11.3 Å². The standard InChI is InChI=1S/C14H22N4O3S2/c1-3-21-14(20)17-11(6-4-5-7-15-10(2)22)12(19)18-13-16-8-9-23-13/h8-9,11H,3-7H2,1-2H3,(H,15,22)(H,17,20)(H,16,18,19)/t11-/m0/s1. The highest BCUT2D eigenvalue weighted by Gasteiger charge is 2.21. The van der Waals surface area contributed by atoms with Crippen LogP contribution >= 0.6 is 23.6 Å². The summed E-state index contributed by atoms with van der Waals surface area (Å²) in [6.07, 6.45) is 3.12. The molecule has 0 aliphatic heterocycles. The normalized spacial score (nSPS) is 11.4. The number of anilines is 1. The van der Waals surface area contributed by atoms with Gasteiger partial charge in [0.25, 0.3) is 0 Å². The van der Waals surface area contributed by atoms with E-state index in [0.717, 1.165) is 24.4 Å². The third kappa shape index (κ3) is 8.46. The number of ether oxygens (including phenoxy) is 1. The van der Waals surface area contributed by atoms with E-state index in [-0.39, 0.29) is 12.5 Å². The average Bonchev–Trinajstić information content (AvgIpc) is 2.98. The number of hydrogen-bond donors (Lipinski definition) is 3. The molecule has 0 saturated heterocycles. The third-order valence-electron chi connectivity index (χ3n) is 2.84. The summed E-state index contributed by atoms with van der Waals surface area (Å²) in [4.78, 5) is 28.6. The summed E-state index contributed by atoms with van der Waals surface area (Å²) in [5, 5.41) is 10.6. The Morgan fingerprint density at radius 3 is 2.83 bits per heavy atom. The lowest BCUT2D eigenvalue weighted by atomic mass is 10.1. The minimum Gasteiger partial charge on any atom is -0.450 e. The van der Waals surface area contributed by atoms with E-state index >= 15 is 0 Å². The van der Waals surface area contributed by atoms with Gasteiger partial charge in [0.15, 0.2) is 5.13 Å². The number of alkyl carbamates (subject to hydrolysis) is 1. The fourth-order valence-corrected chi connectivity index (χ4v) is 2.43.